The maximum atomic E-state index is 12.2. The highest BCUT2D eigenvalue weighted by atomic mass is 32.2. The van der Waals surface area contributed by atoms with E-state index in [0.29, 0.717) is 15.2 Å². The molecule has 0 aliphatic carbocycles. The summed E-state index contributed by atoms with van der Waals surface area (Å²) in [6.45, 7) is 3.42. The van der Waals surface area contributed by atoms with Gasteiger partial charge < -0.3 is 5.32 Å². The molecule has 3 heterocycles. The molecule has 1 aromatic carbocycles. The van der Waals surface area contributed by atoms with Crippen LogP contribution in [0.2, 0.25) is 0 Å². The van der Waals surface area contributed by atoms with Crippen molar-refractivity contribution in [3.8, 4) is 0 Å². The van der Waals surface area contributed by atoms with E-state index in [4.69, 9.17) is 0 Å². The lowest BCUT2D eigenvalue weighted by molar-refractivity contribution is -0.131. The van der Waals surface area contributed by atoms with Crippen molar-refractivity contribution in [3.05, 3.63) is 63.2 Å². The Morgan fingerprint density at radius 3 is 2.71 bits per heavy atom. The van der Waals surface area contributed by atoms with Crippen LogP contribution >= 0.6 is 34.9 Å². The number of thioether (sulfide) groups is 2. The molecule has 1 atom stereocenters. The molecule has 2 aliphatic heterocycles. The summed E-state index contributed by atoms with van der Waals surface area (Å²) in [6.07, 6.45) is 1.84. The van der Waals surface area contributed by atoms with Crippen LogP contribution in [-0.4, -0.2) is 27.2 Å². The Hall–Kier alpha value is -2.36. The van der Waals surface area contributed by atoms with Crippen LogP contribution in [0, 0.1) is 0 Å². The summed E-state index contributed by atoms with van der Waals surface area (Å²) in [6, 6.07) is 13.6. The molecular formula is C19H16N4O2S3. The van der Waals surface area contributed by atoms with Gasteiger partial charge in [-0.3, -0.25) is 9.59 Å². The van der Waals surface area contributed by atoms with E-state index in [1.807, 2.05) is 60.8 Å². The summed E-state index contributed by atoms with van der Waals surface area (Å²) >= 11 is 4.22. The zero-order valence-electron chi connectivity index (χ0n) is 15.1. The molecule has 1 fully saturated rings. The van der Waals surface area contributed by atoms with E-state index in [-0.39, 0.29) is 11.8 Å². The summed E-state index contributed by atoms with van der Waals surface area (Å²) in [5.74, 6) is -0.356. The summed E-state index contributed by atoms with van der Waals surface area (Å²) in [5.41, 5.74) is 0.954. The highest BCUT2D eigenvalue weighted by molar-refractivity contribution is 8.19. The number of aliphatic imine (C=N–C) groups is 1. The van der Waals surface area contributed by atoms with Crippen molar-refractivity contribution in [2.24, 2.45) is 10.1 Å². The summed E-state index contributed by atoms with van der Waals surface area (Å²) in [4.78, 5) is 29.8. The third kappa shape index (κ3) is 3.65. The predicted octanol–water partition coefficient (Wildman–Crippen LogP) is 4.05. The third-order valence-electron chi connectivity index (χ3n) is 4.15. The Morgan fingerprint density at radius 2 is 2.04 bits per heavy atom. The summed E-state index contributed by atoms with van der Waals surface area (Å²) < 4.78 is 0. The van der Waals surface area contributed by atoms with Gasteiger partial charge in [-0.15, -0.1) is 16.4 Å². The van der Waals surface area contributed by atoms with Crippen molar-refractivity contribution in [1.82, 2.24) is 10.3 Å². The number of benzene rings is 1. The second-order valence-corrected chi connectivity index (χ2v) is 9.54. The highest BCUT2D eigenvalue weighted by Crippen LogP contribution is 2.46. The molecule has 4 rings (SSSR count). The van der Waals surface area contributed by atoms with Crippen LogP contribution in [0.4, 0.5) is 0 Å². The number of hydrazone groups is 1. The number of hydrogen-bond donors (Lipinski definition) is 1. The maximum absolute atomic E-state index is 12.2. The third-order valence-corrected chi connectivity index (χ3v) is 7.04. The molecule has 1 unspecified atom stereocenters. The molecule has 1 saturated heterocycles. The van der Waals surface area contributed by atoms with Crippen LogP contribution in [0.1, 0.15) is 24.3 Å². The monoisotopic (exact) mass is 428 g/mol. The van der Waals surface area contributed by atoms with Gasteiger partial charge in [0.1, 0.15) is 4.87 Å². The van der Waals surface area contributed by atoms with Crippen LogP contribution in [0.5, 0.6) is 0 Å². The fourth-order valence-corrected chi connectivity index (χ4v) is 5.57. The topological polar surface area (TPSA) is 74.1 Å². The molecule has 6 nitrogen and oxygen atoms in total. The first-order chi connectivity index (χ1) is 13.5. The number of hydrogen-bond acceptors (Lipinski definition) is 7. The van der Waals surface area contributed by atoms with Gasteiger partial charge in [0.15, 0.2) is 5.17 Å². The number of carbonyl (C=O) groups excluding carboxylic acids is 2. The van der Waals surface area contributed by atoms with Gasteiger partial charge >= 0.3 is 0 Å². The largest absolute Gasteiger partial charge is 0.300 e. The second-order valence-electron chi connectivity index (χ2n) is 6.16. The van der Waals surface area contributed by atoms with Gasteiger partial charge in [0.25, 0.3) is 5.91 Å². The smallest absolute Gasteiger partial charge is 0.264 e. The van der Waals surface area contributed by atoms with Gasteiger partial charge in [-0.25, -0.2) is 5.01 Å². The van der Waals surface area contributed by atoms with Crippen molar-refractivity contribution in [2.45, 2.75) is 18.7 Å². The van der Waals surface area contributed by atoms with E-state index < -0.39 is 4.87 Å². The second kappa shape index (κ2) is 7.57. The fourth-order valence-electron chi connectivity index (χ4n) is 2.84. The molecule has 28 heavy (non-hydrogen) atoms. The maximum Gasteiger partial charge on any atom is 0.264 e. The Bertz CT molecular complexity index is 1020. The first kappa shape index (κ1) is 19.0. The zero-order valence-corrected chi connectivity index (χ0v) is 17.5. The molecule has 0 saturated carbocycles. The van der Waals surface area contributed by atoms with Crippen molar-refractivity contribution >= 4 is 63.1 Å². The van der Waals surface area contributed by atoms with E-state index in [2.05, 4.69) is 15.4 Å². The van der Waals surface area contributed by atoms with Gasteiger partial charge in [-0.2, -0.15) is 4.99 Å². The SMILES string of the molecule is CC(=O)N1N=C(N=C2NC(=O)/C(=C/c3cccs3)S2)SC1(C)c1ccccc1. The molecule has 1 aromatic heterocycles. The average Bonchev–Trinajstić information content (AvgIpc) is 3.37. The average molecular weight is 429 g/mol. The molecule has 9 heteroatoms. The molecule has 1 N–H and O–H groups in total. The van der Waals surface area contributed by atoms with Crippen molar-refractivity contribution in [1.29, 1.82) is 0 Å². The lowest BCUT2D eigenvalue weighted by Gasteiger charge is -2.30. The molecular weight excluding hydrogens is 412 g/mol. The van der Waals surface area contributed by atoms with Crippen molar-refractivity contribution in [3.63, 3.8) is 0 Å². The Kier molecular flexibility index (Phi) is 5.13. The Morgan fingerprint density at radius 1 is 1.25 bits per heavy atom. The lowest BCUT2D eigenvalue weighted by atomic mass is 10.1. The van der Waals surface area contributed by atoms with Gasteiger partial charge in [-0.1, -0.05) is 36.4 Å². The first-order valence-corrected chi connectivity index (χ1v) is 10.9. The minimum absolute atomic E-state index is 0.171. The lowest BCUT2D eigenvalue weighted by Crippen LogP contribution is -2.37. The Balaban J connectivity index is 1.59. The molecule has 2 aliphatic rings. The molecule has 2 amide bonds. The van der Waals surface area contributed by atoms with E-state index in [9.17, 15) is 9.59 Å². The van der Waals surface area contributed by atoms with Gasteiger partial charge in [0.05, 0.1) is 4.91 Å². The number of amides is 2. The quantitative estimate of drug-likeness (QED) is 0.733. The van der Waals surface area contributed by atoms with Gasteiger partial charge in [-0.05, 0) is 53.5 Å². The normalized spacial score (nSPS) is 24.7. The number of amidine groups is 2. The zero-order chi connectivity index (χ0) is 19.7. The molecule has 0 bridgehead atoms. The minimum Gasteiger partial charge on any atom is -0.300 e. The highest BCUT2D eigenvalue weighted by Gasteiger charge is 2.44. The van der Waals surface area contributed by atoms with Crippen molar-refractivity contribution in [2.75, 3.05) is 0 Å². The predicted molar refractivity (Wildman–Crippen MR) is 117 cm³/mol. The number of rotatable bonds is 2. The fraction of sp³-hybridized carbons (Fsp3) is 0.158. The van der Waals surface area contributed by atoms with Crippen LogP contribution in [0.3, 0.4) is 0 Å². The minimum atomic E-state index is -0.685. The molecule has 0 spiro atoms. The first-order valence-electron chi connectivity index (χ1n) is 8.43. The molecule has 142 valence electrons. The number of carbonyl (C=O) groups is 2. The van der Waals surface area contributed by atoms with Crippen LogP contribution in [0.15, 0.2) is 62.8 Å². The standard InChI is InChI=1S/C19H16N4O2S3/c1-12(24)23-19(2,13-7-4-3-5-8-13)28-18(22-23)21-17-20-16(25)15(27-17)11-14-9-6-10-26-14/h3-11H,1-2H3,(H,20,21,22,25)/b15-11-. The van der Waals surface area contributed by atoms with Crippen LogP contribution < -0.4 is 5.32 Å². The molecule has 2 aromatic rings. The number of nitrogens with one attached hydrogen (secondary N) is 1. The number of nitrogens with zero attached hydrogens (tertiary/aromatic N) is 3. The Labute approximate surface area is 174 Å². The summed E-state index contributed by atoms with van der Waals surface area (Å²) in [7, 11) is 0. The van der Waals surface area contributed by atoms with Crippen LogP contribution in [0.25, 0.3) is 6.08 Å². The van der Waals surface area contributed by atoms with Gasteiger partial charge in [0, 0.05) is 11.8 Å². The molecule has 0 radical (unpaired) electrons. The number of thiophene rings is 1. The van der Waals surface area contributed by atoms with E-state index >= 15 is 0 Å². The van der Waals surface area contributed by atoms with Crippen molar-refractivity contribution < 1.29 is 9.59 Å². The van der Waals surface area contributed by atoms with E-state index in [1.165, 1.54) is 35.5 Å². The van der Waals surface area contributed by atoms with E-state index in [0.717, 1.165) is 10.4 Å². The van der Waals surface area contributed by atoms with Crippen LogP contribution in [-0.2, 0) is 14.5 Å². The summed E-state index contributed by atoms with van der Waals surface area (Å²) in [5, 5.41) is 11.5. The van der Waals surface area contributed by atoms with E-state index in [1.54, 1.807) is 11.3 Å². The van der Waals surface area contributed by atoms with Gasteiger partial charge in [0.2, 0.25) is 11.1 Å².